The van der Waals surface area contributed by atoms with E-state index in [4.69, 9.17) is 16.7 Å². The number of aromatic nitrogens is 1. The van der Waals surface area contributed by atoms with Crippen LogP contribution < -0.4 is 10.2 Å². The first-order valence-corrected chi connectivity index (χ1v) is 9.30. The molecule has 3 rings (SSSR count). The predicted molar refractivity (Wildman–Crippen MR) is 97.8 cm³/mol. The van der Waals surface area contributed by atoms with Crippen LogP contribution in [0.25, 0.3) is 0 Å². The number of aliphatic imine (C=N–C) groups is 1. The number of hydrogen-bond donors (Lipinski definition) is 2. The van der Waals surface area contributed by atoms with Crippen LogP contribution in [0.1, 0.15) is 41.6 Å². The zero-order valence-corrected chi connectivity index (χ0v) is 15.6. The van der Waals surface area contributed by atoms with Gasteiger partial charge < -0.3 is 15.3 Å². The van der Waals surface area contributed by atoms with Crippen molar-refractivity contribution in [1.29, 1.82) is 0 Å². The molecule has 3 heterocycles. The summed E-state index contributed by atoms with van der Waals surface area (Å²) in [6.07, 6.45) is 2.07. The van der Waals surface area contributed by atoms with Crippen LogP contribution in [0.15, 0.2) is 15.7 Å². The number of carboxylic acid groups (broad SMARTS) is 1. The van der Waals surface area contributed by atoms with Gasteiger partial charge in [-0.2, -0.15) is 0 Å². The number of nitrogens with one attached hydrogen (secondary N) is 1. The number of carbonyl (C=O) groups is 2. The number of thiazole rings is 1. The van der Waals surface area contributed by atoms with Gasteiger partial charge in [0.15, 0.2) is 5.13 Å². The molecule has 2 N–H and O–H groups in total. The van der Waals surface area contributed by atoms with Crippen LogP contribution in [0.5, 0.6) is 0 Å². The molecule has 134 valence electrons. The molecule has 25 heavy (non-hydrogen) atoms. The van der Waals surface area contributed by atoms with Crippen molar-refractivity contribution < 1.29 is 14.7 Å². The highest BCUT2D eigenvalue weighted by atomic mass is 35.5. The lowest BCUT2D eigenvalue weighted by Crippen LogP contribution is -2.40. The number of anilines is 1. The van der Waals surface area contributed by atoms with E-state index in [0.29, 0.717) is 34.7 Å². The Hall–Kier alpha value is -1.93. The molecule has 1 aromatic heterocycles. The molecule has 0 aliphatic carbocycles. The lowest BCUT2D eigenvalue weighted by atomic mass is 10.1. The largest absolute Gasteiger partial charge is 0.477 e. The molecule has 0 unspecified atom stereocenters. The maximum absolute atomic E-state index is 12.4. The Kier molecular flexibility index (Phi) is 5.10. The van der Waals surface area contributed by atoms with Crippen LogP contribution in [0.3, 0.4) is 0 Å². The zero-order valence-electron chi connectivity index (χ0n) is 14.0. The Labute approximate surface area is 154 Å². The number of nitrogens with zero attached hydrogens (tertiary/aromatic N) is 3. The number of allylic oxidation sites excluding steroid dienone is 1. The second-order valence-corrected chi connectivity index (χ2v) is 7.44. The third kappa shape index (κ3) is 3.69. The minimum atomic E-state index is -0.958. The number of amides is 1. The number of carbonyl (C=O) groups excluding carboxylic acids is 1. The van der Waals surface area contributed by atoms with Crippen LogP contribution in [0, 0.1) is 6.92 Å². The van der Waals surface area contributed by atoms with Crippen molar-refractivity contribution in [2.75, 3.05) is 18.0 Å². The smallest absolute Gasteiger partial charge is 0.347 e. The number of halogens is 1. The maximum atomic E-state index is 12.4. The number of aryl methyl sites for hydroxylation is 1. The topological polar surface area (TPSA) is 94.9 Å². The van der Waals surface area contributed by atoms with Crippen LogP contribution in [-0.2, 0) is 4.79 Å². The van der Waals surface area contributed by atoms with Gasteiger partial charge in [0, 0.05) is 25.6 Å². The van der Waals surface area contributed by atoms with Gasteiger partial charge in [0.05, 0.1) is 5.69 Å². The van der Waals surface area contributed by atoms with Crippen LogP contribution in [0.4, 0.5) is 5.13 Å². The fraction of sp³-hybridized carbons (Fsp3) is 0.500. The summed E-state index contributed by atoms with van der Waals surface area (Å²) in [6, 6.07) is -0.0165. The van der Waals surface area contributed by atoms with E-state index in [9.17, 15) is 9.59 Å². The lowest BCUT2D eigenvalue weighted by molar-refractivity contribution is -0.115. The Morgan fingerprint density at radius 2 is 2.24 bits per heavy atom. The summed E-state index contributed by atoms with van der Waals surface area (Å²) in [5.74, 6) is -1.14. The third-order valence-corrected chi connectivity index (χ3v) is 5.93. The summed E-state index contributed by atoms with van der Waals surface area (Å²) >= 11 is 7.20. The lowest BCUT2D eigenvalue weighted by Gasteiger charge is -2.15. The van der Waals surface area contributed by atoms with Gasteiger partial charge in [0.25, 0.3) is 5.91 Å². The molecule has 1 saturated heterocycles. The molecule has 0 radical (unpaired) electrons. The van der Waals surface area contributed by atoms with Gasteiger partial charge in [-0.3, -0.25) is 4.79 Å². The molecule has 0 saturated carbocycles. The van der Waals surface area contributed by atoms with E-state index in [1.54, 1.807) is 6.92 Å². The first kappa shape index (κ1) is 17.9. The minimum absolute atomic E-state index is 0.0165. The zero-order chi connectivity index (χ0) is 18.1. The first-order chi connectivity index (χ1) is 11.9. The predicted octanol–water partition coefficient (Wildman–Crippen LogP) is 2.55. The van der Waals surface area contributed by atoms with E-state index in [-0.39, 0.29) is 16.8 Å². The summed E-state index contributed by atoms with van der Waals surface area (Å²) in [7, 11) is 0. The Bertz CT molecular complexity index is 786. The fourth-order valence-corrected chi connectivity index (χ4v) is 4.19. The van der Waals surface area contributed by atoms with Crippen molar-refractivity contribution >= 4 is 45.7 Å². The van der Waals surface area contributed by atoms with Gasteiger partial charge in [-0.15, -0.1) is 0 Å². The molecule has 0 bridgehead atoms. The molecule has 2 aliphatic rings. The molecule has 7 nitrogen and oxygen atoms in total. The highest BCUT2D eigenvalue weighted by molar-refractivity contribution is 7.17. The van der Waals surface area contributed by atoms with Gasteiger partial charge in [0.2, 0.25) is 0 Å². The number of aromatic carboxylic acids is 1. The van der Waals surface area contributed by atoms with E-state index >= 15 is 0 Å². The first-order valence-electron chi connectivity index (χ1n) is 8.10. The van der Waals surface area contributed by atoms with Crippen molar-refractivity contribution in [2.24, 2.45) is 4.99 Å². The Balaban J connectivity index is 1.59. The van der Waals surface area contributed by atoms with Crippen molar-refractivity contribution in [1.82, 2.24) is 10.3 Å². The summed E-state index contributed by atoms with van der Waals surface area (Å²) < 4.78 is 0. The summed E-state index contributed by atoms with van der Waals surface area (Å²) in [5.41, 5.74) is 1.96. The van der Waals surface area contributed by atoms with E-state index in [0.717, 1.165) is 25.0 Å². The molecule has 9 heteroatoms. The third-order valence-electron chi connectivity index (χ3n) is 4.37. The average molecular weight is 383 g/mol. The van der Waals surface area contributed by atoms with Gasteiger partial charge in [0.1, 0.15) is 15.7 Å². The van der Waals surface area contributed by atoms with Gasteiger partial charge in [-0.1, -0.05) is 29.9 Å². The van der Waals surface area contributed by atoms with E-state index in [1.807, 2.05) is 11.8 Å². The number of hydrogen-bond acceptors (Lipinski definition) is 6. The monoisotopic (exact) mass is 382 g/mol. The van der Waals surface area contributed by atoms with E-state index < -0.39 is 5.97 Å². The molecule has 1 fully saturated rings. The molecule has 0 spiro atoms. The van der Waals surface area contributed by atoms with E-state index in [2.05, 4.69) is 15.3 Å². The fourth-order valence-electron chi connectivity index (χ4n) is 2.95. The minimum Gasteiger partial charge on any atom is -0.477 e. The standard InChI is InChI=1S/C16H19ClN4O3S/c1-3-9-6-11(20-13(9)17)14(22)19-10-4-5-21(7-10)16-18-8(2)12(25-16)15(23)24/h10H,3-7H2,1-2H3,(H,19,22)(H,23,24)/t10-/m1/s1. The normalized spacial score (nSPS) is 20.2. The van der Waals surface area contributed by atoms with Gasteiger partial charge >= 0.3 is 5.97 Å². The number of carboxylic acids is 1. The van der Waals surface area contributed by atoms with Crippen LogP contribution >= 0.6 is 22.9 Å². The highest BCUT2D eigenvalue weighted by Gasteiger charge is 2.29. The molecule has 1 atom stereocenters. The molecular weight excluding hydrogens is 364 g/mol. The molecular formula is C16H19ClN4O3S. The second-order valence-electron chi connectivity index (χ2n) is 6.10. The van der Waals surface area contributed by atoms with Crippen molar-refractivity contribution in [3.05, 3.63) is 21.3 Å². The van der Waals surface area contributed by atoms with Crippen LogP contribution in [0.2, 0.25) is 0 Å². The highest BCUT2D eigenvalue weighted by Crippen LogP contribution is 2.29. The summed E-state index contributed by atoms with van der Waals surface area (Å²) in [5, 5.41) is 13.3. The Morgan fingerprint density at radius 3 is 2.84 bits per heavy atom. The van der Waals surface area contributed by atoms with Crippen LogP contribution in [-0.4, -0.2) is 46.8 Å². The van der Waals surface area contributed by atoms with Crippen molar-refractivity contribution in [2.45, 2.75) is 39.2 Å². The molecule has 1 aromatic rings. The van der Waals surface area contributed by atoms with E-state index in [1.165, 1.54) is 11.3 Å². The summed E-state index contributed by atoms with van der Waals surface area (Å²) in [6.45, 7) is 5.01. The quantitative estimate of drug-likeness (QED) is 0.763. The molecule has 1 amide bonds. The Morgan fingerprint density at radius 1 is 1.48 bits per heavy atom. The summed E-state index contributed by atoms with van der Waals surface area (Å²) in [4.78, 5) is 34.3. The average Bonchev–Trinajstić information content (AvgIpc) is 3.25. The molecule has 0 aromatic carbocycles. The van der Waals surface area contributed by atoms with Crippen molar-refractivity contribution in [3.63, 3.8) is 0 Å². The van der Waals surface area contributed by atoms with Gasteiger partial charge in [-0.05, 0) is 25.3 Å². The van der Waals surface area contributed by atoms with Gasteiger partial charge in [-0.25, -0.2) is 14.8 Å². The second kappa shape index (κ2) is 7.13. The number of rotatable bonds is 5. The molecule has 2 aliphatic heterocycles. The SMILES string of the molecule is CCC1=C(Cl)N=C(C(=O)N[C@@H]2CCN(c3nc(C)c(C(=O)O)s3)C2)C1. The van der Waals surface area contributed by atoms with Crippen molar-refractivity contribution in [3.8, 4) is 0 Å². The maximum Gasteiger partial charge on any atom is 0.347 e.